The second kappa shape index (κ2) is 14.1. The molecule has 11 aromatic rings. The Hall–Kier alpha value is -7.68. The second-order valence-corrected chi connectivity index (χ2v) is 14.9. The number of fused-ring (bicyclic) bond motifs is 6. The molecule has 2 nitrogen and oxygen atoms in total. The van der Waals surface area contributed by atoms with Crippen LogP contribution in [0.4, 0.5) is 17.1 Å². The minimum Gasteiger partial charge on any atom is -0.455 e. The number of anilines is 3. The monoisotopic (exact) mass is 739 g/mol. The highest BCUT2D eigenvalue weighted by molar-refractivity contribution is 6.19. The van der Waals surface area contributed by atoms with Gasteiger partial charge in [0.15, 0.2) is 0 Å². The lowest BCUT2D eigenvalue weighted by molar-refractivity contribution is 0.673. The van der Waals surface area contributed by atoms with Crippen LogP contribution in [0.1, 0.15) is 0 Å². The molecule has 0 aliphatic rings. The highest BCUT2D eigenvalue weighted by Crippen LogP contribution is 2.44. The summed E-state index contributed by atoms with van der Waals surface area (Å²) in [6.07, 6.45) is 0. The SMILES string of the molecule is c1ccc(-c2ccc(-c3ccc(N(c4cccc(-c5cccc6oc7c8ccccc8ccc7c56)c4)c4cccc5ccccc45)cc3)cc2-c2ccccc2)cc1. The van der Waals surface area contributed by atoms with Crippen LogP contribution in [-0.4, -0.2) is 0 Å². The summed E-state index contributed by atoms with van der Waals surface area (Å²) in [5, 5.41) is 6.96. The molecule has 58 heavy (non-hydrogen) atoms. The van der Waals surface area contributed by atoms with Gasteiger partial charge >= 0.3 is 0 Å². The molecule has 0 unspecified atom stereocenters. The Morgan fingerprint density at radius 2 is 0.931 bits per heavy atom. The predicted octanol–water partition coefficient (Wildman–Crippen LogP) is 16.0. The van der Waals surface area contributed by atoms with Crippen LogP contribution in [0.2, 0.25) is 0 Å². The van der Waals surface area contributed by atoms with Crippen LogP contribution in [-0.2, 0) is 0 Å². The normalized spacial score (nSPS) is 11.4. The number of benzene rings is 10. The molecular formula is C56H37NO. The summed E-state index contributed by atoms with van der Waals surface area (Å²) >= 11 is 0. The van der Waals surface area contributed by atoms with Crippen molar-refractivity contribution in [3.05, 3.63) is 224 Å². The molecule has 10 aromatic carbocycles. The zero-order valence-corrected chi connectivity index (χ0v) is 31.7. The molecule has 0 N–H and O–H groups in total. The highest BCUT2D eigenvalue weighted by Gasteiger charge is 2.19. The van der Waals surface area contributed by atoms with Crippen molar-refractivity contribution in [1.82, 2.24) is 0 Å². The minimum absolute atomic E-state index is 0.892. The highest BCUT2D eigenvalue weighted by atomic mass is 16.3. The molecule has 0 saturated carbocycles. The lowest BCUT2D eigenvalue weighted by atomic mass is 9.91. The van der Waals surface area contributed by atoms with Crippen LogP contribution >= 0.6 is 0 Å². The quantitative estimate of drug-likeness (QED) is 0.162. The summed E-state index contributed by atoms with van der Waals surface area (Å²) in [6, 6.07) is 80.6. The van der Waals surface area contributed by atoms with Crippen molar-refractivity contribution in [2.24, 2.45) is 0 Å². The molecular weight excluding hydrogens is 703 g/mol. The van der Waals surface area contributed by atoms with Gasteiger partial charge in [-0.05, 0) is 104 Å². The average Bonchev–Trinajstić information content (AvgIpc) is 3.70. The molecule has 2 heteroatoms. The van der Waals surface area contributed by atoms with E-state index in [2.05, 4.69) is 229 Å². The zero-order chi connectivity index (χ0) is 38.4. The molecule has 0 aliphatic carbocycles. The third-order valence-corrected chi connectivity index (χ3v) is 11.5. The largest absolute Gasteiger partial charge is 0.455 e. The van der Waals surface area contributed by atoms with Gasteiger partial charge in [0.25, 0.3) is 0 Å². The van der Waals surface area contributed by atoms with E-state index in [0.717, 1.165) is 55.5 Å². The molecule has 0 aliphatic heterocycles. The van der Waals surface area contributed by atoms with Crippen LogP contribution in [0.25, 0.3) is 88.0 Å². The third-order valence-electron chi connectivity index (χ3n) is 11.5. The van der Waals surface area contributed by atoms with Gasteiger partial charge in [0.05, 0.1) is 5.69 Å². The molecule has 1 heterocycles. The van der Waals surface area contributed by atoms with Crippen molar-refractivity contribution in [3.63, 3.8) is 0 Å². The number of hydrogen-bond acceptors (Lipinski definition) is 2. The molecule has 272 valence electrons. The Bertz CT molecular complexity index is 3270. The topological polar surface area (TPSA) is 16.4 Å². The Kier molecular flexibility index (Phi) is 8.19. The van der Waals surface area contributed by atoms with Gasteiger partial charge in [0.1, 0.15) is 11.2 Å². The first-order chi connectivity index (χ1) is 28.8. The van der Waals surface area contributed by atoms with E-state index in [4.69, 9.17) is 4.42 Å². The standard InChI is InChI=1S/C56H37NO/c1-3-14-39(15-4-1)47-34-31-43(37-52(47)41-16-5-2-6-17-41)38-28-32-45(33-29-38)57(53-26-12-20-40-18-7-9-23-48(40)53)46-22-11-21-44(36-46)49-25-13-27-54-55(49)51-35-30-42-19-8-10-24-50(42)56(51)58-54/h1-37H. The molecule has 0 fully saturated rings. The lowest BCUT2D eigenvalue weighted by Crippen LogP contribution is -2.10. The lowest BCUT2D eigenvalue weighted by Gasteiger charge is -2.27. The van der Waals surface area contributed by atoms with Gasteiger partial charge in [0.2, 0.25) is 0 Å². The first-order valence-corrected chi connectivity index (χ1v) is 19.8. The fraction of sp³-hybridized carbons (Fsp3) is 0. The number of furan rings is 1. The first-order valence-electron chi connectivity index (χ1n) is 19.8. The summed E-state index contributed by atoms with van der Waals surface area (Å²) in [5.41, 5.74) is 14.6. The first kappa shape index (κ1) is 33.6. The van der Waals surface area contributed by atoms with Crippen LogP contribution < -0.4 is 4.90 Å². The summed E-state index contributed by atoms with van der Waals surface area (Å²) < 4.78 is 6.59. The van der Waals surface area contributed by atoms with Crippen molar-refractivity contribution in [2.45, 2.75) is 0 Å². The molecule has 0 radical (unpaired) electrons. The molecule has 11 rings (SSSR count). The average molecular weight is 740 g/mol. The molecule has 0 saturated heterocycles. The van der Waals surface area contributed by atoms with Gasteiger partial charge in [0, 0.05) is 32.9 Å². The summed E-state index contributed by atoms with van der Waals surface area (Å²) in [5.74, 6) is 0. The Balaban J connectivity index is 1.04. The fourth-order valence-corrected chi connectivity index (χ4v) is 8.69. The van der Waals surface area contributed by atoms with Crippen molar-refractivity contribution in [2.75, 3.05) is 4.90 Å². The smallest absolute Gasteiger partial charge is 0.143 e. The third kappa shape index (κ3) is 5.82. The van der Waals surface area contributed by atoms with Gasteiger partial charge in [-0.25, -0.2) is 0 Å². The van der Waals surface area contributed by atoms with Crippen LogP contribution in [0.15, 0.2) is 229 Å². The molecule has 0 spiro atoms. The predicted molar refractivity (Wildman–Crippen MR) is 245 cm³/mol. The van der Waals surface area contributed by atoms with E-state index in [-0.39, 0.29) is 0 Å². The summed E-state index contributed by atoms with van der Waals surface area (Å²) in [4.78, 5) is 2.39. The van der Waals surface area contributed by atoms with E-state index < -0.39 is 0 Å². The summed E-state index contributed by atoms with van der Waals surface area (Å²) in [6.45, 7) is 0. The maximum absolute atomic E-state index is 6.59. The maximum Gasteiger partial charge on any atom is 0.143 e. The molecule has 0 atom stereocenters. The minimum atomic E-state index is 0.892. The van der Waals surface area contributed by atoms with Gasteiger partial charge in [-0.2, -0.15) is 0 Å². The van der Waals surface area contributed by atoms with Gasteiger partial charge in [-0.3, -0.25) is 0 Å². The molecule has 0 amide bonds. The van der Waals surface area contributed by atoms with Gasteiger partial charge < -0.3 is 9.32 Å². The van der Waals surface area contributed by atoms with E-state index in [1.165, 1.54) is 49.5 Å². The Morgan fingerprint density at radius 1 is 0.310 bits per heavy atom. The Morgan fingerprint density at radius 3 is 1.72 bits per heavy atom. The van der Waals surface area contributed by atoms with E-state index in [1.54, 1.807) is 0 Å². The van der Waals surface area contributed by atoms with Crippen molar-refractivity contribution >= 4 is 60.5 Å². The maximum atomic E-state index is 6.59. The van der Waals surface area contributed by atoms with Crippen LogP contribution in [0, 0.1) is 0 Å². The fourth-order valence-electron chi connectivity index (χ4n) is 8.69. The van der Waals surface area contributed by atoms with Gasteiger partial charge in [-0.1, -0.05) is 176 Å². The second-order valence-electron chi connectivity index (χ2n) is 14.9. The number of nitrogens with zero attached hydrogens (tertiary/aromatic N) is 1. The van der Waals surface area contributed by atoms with E-state index in [9.17, 15) is 0 Å². The Labute approximate surface area is 337 Å². The van der Waals surface area contributed by atoms with Crippen molar-refractivity contribution < 1.29 is 4.42 Å². The number of hydrogen-bond donors (Lipinski definition) is 0. The van der Waals surface area contributed by atoms with E-state index in [1.807, 2.05) is 0 Å². The van der Waals surface area contributed by atoms with Crippen molar-refractivity contribution in [3.8, 4) is 44.5 Å². The van der Waals surface area contributed by atoms with Gasteiger partial charge in [-0.15, -0.1) is 0 Å². The van der Waals surface area contributed by atoms with Crippen molar-refractivity contribution in [1.29, 1.82) is 0 Å². The molecule has 1 aromatic heterocycles. The van der Waals surface area contributed by atoms with E-state index in [0.29, 0.717) is 0 Å². The van der Waals surface area contributed by atoms with Crippen LogP contribution in [0.3, 0.4) is 0 Å². The summed E-state index contributed by atoms with van der Waals surface area (Å²) in [7, 11) is 0. The zero-order valence-electron chi connectivity index (χ0n) is 31.7. The number of rotatable bonds is 7. The van der Waals surface area contributed by atoms with Crippen LogP contribution in [0.5, 0.6) is 0 Å². The molecule has 0 bridgehead atoms. The van der Waals surface area contributed by atoms with E-state index >= 15 is 0 Å².